The number of sulfonamides is 1. The second kappa shape index (κ2) is 9.49. The number of hydrogen-bond acceptors (Lipinski definition) is 7. The van der Waals surface area contributed by atoms with Gasteiger partial charge in [0.05, 0.1) is 28.8 Å². The summed E-state index contributed by atoms with van der Waals surface area (Å²) in [5.41, 5.74) is 0.300. The maximum atomic E-state index is 13.1. The van der Waals surface area contributed by atoms with Gasteiger partial charge in [0.1, 0.15) is 10.6 Å². The molecule has 4 rings (SSSR count). The molecule has 0 aliphatic carbocycles. The second-order valence-corrected chi connectivity index (χ2v) is 10.4. The van der Waals surface area contributed by atoms with Crippen LogP contribution in [0.2, 0.25) is 0 Å². The van der Waals surface area contributed by atoms with Gasteiger partial charge >= 0.3 is 5.69 Å². The van der Waals surface area contributed by atoms with Crippen LogP contribution in [0.4, 0.5) is 0 Å². The van der Waals surface area contributed by atoms with Gasteiger partial charge in [-0.05, 0) is 41.5 Å². The maximum Gasteiger partial charge on any atom is 0.332 e. The molecule has 2 aromatic heterocycles. The standard InChI is InChI=1S/C23H22N4O6S2/c1-26-22-18(11-19(34-22)20(28)25-12-15-4-3-5-16(10-15)33-2)21(29)27(23(26)30)13-14-6-8-17(9-7-14)35(24,31)32/h3-11H,12-13H2,1-2H3,(H,25,28)(H2,24,31,32). The van der Waals surface area contributed by atoms with Gasteiger partial charge in [-0.3, -0.25) is 18.7 Å². The zero-order chi connectivity index (χ0) is 25.3. The summed E-state index contributed by atoms with van der Waals surface area (Å²) in [4.78, 5) is 39.4. The Kier molecular flexibility index (Phi) is 6.61. The Morgan fingerprint density at radius 3 is 2.46 bits per heavy atom. The third kappa shape index (κ3) is 5.04. The van der Waals surface area contributed by atoms with Crippen LogP contribution in [-0.4, -0.2) is 30.6 Å². The summed E-state index contributed by atoms with van der Waals surface area (Å²) >= 11 is 1.06. The molecule has 0 aliphatic rings. The summed E-state index contributed by atoms with van der Waals surface area (Å²) in [6.07, 6.45) is 0. The van der Waals surface area contributed by atoms with Gasteiger partial charge in [0, 0.05) is 13.6 Å². The Balaban J connectivity index is 1.62. The van der Waals surface area contributed by atoms with Crippen LogP contribution in [0.3, 0.4) is 0 Å². The van der Waals surface area contributed by atoms with Crippen molar-refractivity contribution in [3.63, 3.8) is 0 Å². The number of nitrogens with zero attached hydrogens (tertiary/aromatic N) is 2. The fraction of sp³-hybridized carbons (Fsp3) is 0.174. The van der Waals surface area contributed by atoms with Crippen LogP contribution in [0.5, 0.6) is 5.75 Å². The first-order chi connectivity index (χ1) is 16.6. The quantitative estimate of drug-likeness (QED) is 0.382. The molecule has 1 amide bonds. The third-order valence-electron chi connectivity index (χ3n) is 5.41. The molecule has 35 heavy (non-hydrogen) atoms. The first kappa shape index (κ1) is 24.4. The van der Waals surface area contributed by atoms with Gasteiger partial charge in [-0.25, -0.2) is 18.4 Å². The van der Waals surface area contributed by atoms with Crippen LogP contribution in [0.15, 0.2) is 69.1 Å². The molecule has 4 aromatic rings. The van der Waals surface area contributed by atoms with E-state index in [1.54, 1.807) is 13.2 Å². The van der Waals surface area contributed by atoms with Gasteiger partial charge in [0.25, 0.3) is 11.5 Å². The molecule has 0 fully saturated rings. The lowest BCUT2D eigenvalue weighted by Gasteiger charge is -2.09. The van der Waals surface area contributed by atoms with Crippen molar-refractivity contribution in [3.05, 3.63) is 91.4 Å². The summed E-state index contributed by atoms with van der Waals surface area (Å²) < 4.78 is 30.4. The van der Waals surface area contributed by atoms with Gasteiger partial charge in [-0.15, -0.1) is 11.3 Å². The number of nitrogens with one attached hydrogen (secondary N) is 1. The number of nitrogens with two attached hydrogens (primary N) is 1. The van der Waals surface area contributed by atoms with Gasteiger partial charge in [-0.2, -0.15) is 0 Å². The van der Waals surface area contributed by atoms with Gasteiger partial charge in [0.15, 0.2) is 0 Å². The molecule has 2 heterocycles. The van der Waals surface area contributed by atoms with E-state index in [1.807, 2.05) is 18.2 Å². The minimum absolute atomic E-state index is 0.0699. The number of thiophene rings is 1. The molecular formula is C23H22N4O6S2. The van der Waals surface area contributed by atoms with Crippen LogP contribution in [0.25, 0.3) is 10.2 Å². The van der Waals surface area contributed by atoms with Crippen LogP contribution < -0.4 is 26.4 Å². The van der Waals surface area contributed by atoms with Crippen molar-refractivity contribution >= 4 is 37.5 Å². The number of rotatable bonds is 7. The molecule has 0 unspecified atom stereocenters. The number of fused-ring (bicyclic) bond motifs is 1. The van der Waals surface area contributed by atoms with Crippen LogP contribution in [-0.2, 0) is 30.2 Å². The second-order valence-electron chi connectivity index (χ2n) is 7.79. The highest BCUT2D eigenvalue weighted by atomic mass is 32.2. The number of amides is 1. The number of ether oxygens (including phenoxy) is 1. The van der Waals surface area contributed by atoms with Crippen molar-refractivity contribution in [3.8, 4) is 5.75 Å². The third-order valence-corrected chi connectivity index (χ3v) is 7.55. The van der Waals surface area contributed by atoms with Crippen LogP contribution in [0, 0.1) is 0 Å². The minimum atomic E-state index is -3.85. The van der Waals surface area contributed by atoms with Crippen molar-refractivity contribution in [1.82, 2.24) is 14.5 Å². The number of methoxy groups -OCH3 is 1. The topological polar surface area (TPSA) is 142 Å². The normalized spacial score (nSPS) is 11.5. The fourth-order valence-electron chi connectivity index (χ4n) is 3.55. The molecule has 10 nitrogen and oxygen atoms in total. The number of benzene rings is 2. The Labute approximate surface area is 204 Å². The van der Waals surface area contributed by atoms with E-state index in [0.29, 0.717) is 21.0 Å². The van der Waals surface area contributed by atoms with E-state index < -0.39 is 21.3 Å². The molecule has 0 spiro atoms. The Morgan fingerprint density at radius 1 is 1.09 bits per heavy atom. The van der Waals surface area contributed by atoms with Crippen molar-refractivity contribution in [2.45, 2.75) is 18.0 Å². The highest BCUT2D eigenvalue weighted by molar-refractivity contribution is 7.89. The predicted molar refractivity (Wildman–Crippen MR) is 132 cm³/mol. The summed E-state index contributed by atoms with van der Waals surface area (Å²) in [7, 11) is -0.765. The largest absolute Gasteiger partial charge is 0.497 e. The zero-order valence-electron chi connectivity index (χ0n) is 18.8. The average Bonchev–Trinajstić information content (AvgIpc) is 3.30. The van der Waals surface area contributed by atoms with Gasteiger partial charge in [0.2, 0.25) is 10.0 Å². The van der Waals surface area contributed by atoms with Gasteiger partial charge < -0.3 is 10.1 Å². The number of primary sulfonamides is 1. The molecule has 0 bridgehead atoms. The first-order valence-electron chi connectivity index (χ1n) is 10.3. The van der Waals surface area contributed by atoms with Crippen molar-refractivity contribution in [1.29, 1.82) is 0 Å². The summed E-state index contributed by atoms with van der Waals surface area (Å²) in [6.45, 7) is 0.196. The Morgan fingerprint density at radius 2 is 1.80 bits per heavy atom. The Bertz CT molecular complexity index is 1650. The number of aromatic nitrogens is 2. The van der Waals surface area contributed by atoms with Crippen LogP contribution in [0.1, 0.15) is 20.8 Å². The molecule has 12 heteroatoms. The van der Waals surface area contributed by atoms with E-state index in [4.69, 9.17) is 9.88 Å². The molecule has 0 saturated heterocycles. The molecule has 182 valence electrons. The number of aryl methyl sites for hydroxylation is 1. The lowest BCUT2D eigenvalue weighted by molar-refractivity contribution is 0.0955. The number of carbonyl (C=O) groups is 1. The molecule has 0 radical (unpaired) electrons. The molecule has 2 aromatic carbocycles. The monoisotopic (exact) mass is 514 g/mol. The molecule has 3 N–H and O–H groups in total. The van der Waals surface area contributed by atoms with E-state index >= 15 is 0 Å². The van der Waals surface area contributed by atoms with Crippen LogP contribution >= 0.6 is 11.3 Å². The van der Waals surface area contributed by atoms with E-state index in [0.717, 1.165) is 21.5 Å². The van der Waals surface area contributed by atoms with Crippen molar-refractivity contribution < 1.29 is 17.9 Å². The maximum absolute atomic E-state index is 13.1. The smallest absolute Gasteiger partial charge is 0.332 e. The predicted octanol–water partition coefficient (Wildman–Crippen LogP) is 1.40. The lowest BCUT2D eigenvalue weighted by atomic mass is 10.2. The SMILES string of the molecule is COc1cccc(CNC(=O)c2cc3c(=O)n(Cc4ccc(S(N)(=O)=O)cc4)c(=O)n(C)c3s2)c1. The summed E-state index contributed by atoms with van der Waals surface area (Å²) in [5.74, 6) is 0.305. The fourth-order valence-corrected chi connectivity index (χ4v) is 5.09. The van der Waals surface area contributed by atoms with E-state index in [2.05, 4.69) is 5.32 Å². The zero-order valence-corrected chi connectivity index (χ0v) is 20.5. The van der Waals surface area contributed by atoms with E-state index in [9.17, 15) is 22.8 Å². The van der Waals surface area contributed by atoms with E-state index in [-0.39, 0.29) is 29.3 Å². The average molecular weight is 515 g/mol. The highest BCUT2D eigenvalue weighted by Gasteiger charge is 2.18. The summed E-state index contributed by atoms with van der Waals surface area (Å²) in [5, 5.41) is 8.16. The molecule has 0 aliphatic heterocycles. The van der Waals surface area contributed by atoms with Gasteiger partial charge in [-0.1, -0.05) is 24.3 Å². The minimum Gasteiger partial charge on any atom is -0.497 e. The number of hydrogen-bond donors (Lipinski definition) is 2. The number of carbonyl (C=O) groups excluding carboxylic acids is 1. The molecule has 0 atom stereocenters. The van der Waals surface area contributed by atoms with Crippen molar-refractivity contribution in [2.24, 2.45) is 12.2 Å². The summed E-state index contributed by atoms with van der Waals surface area (Å²) in [6, 6.07) is 14.4. The van der Waals surface area contributed by atoms with Crippen molar-refractivity contribution in [2.75, 3.05) is 7.11 Å². The lowest BCUT2D eigenvalue weighted by Crippen LogP contribution is -2.38. The highest BCUT2D eigenvalue weighted by Crippen LogP contribution is 2.22. The molecular weight excluding hydrogens is 492 g/mol. The molecule has 0 saturated carbocycles. The van der Waals surface area contributed by atoms with E-state index in [1.165, 1.54) is 41.9 Å². The Hall–Kier alpha value is -3.74. The first-order valence-corrected chi connectivity index (χ1v) is 12.7.